The van der Waals surface area contributed by atoms with E-state index in [2.05, 4.69) is 10.2 Å². The Labute approximate surface area is 222 Å². The van der Waals surface area contributed by atoms with Crippen molar-refractivity contribution in [2.24, 2.45) is 0 Å². The van der Waals surface area contributed by atoms with Crippen LogP contribution in [0.2, 0.25) is 0 Å². The van der Waals surface area contributed by atoms with Gasteiger partial charge in [0.1, 0.15) is 6.04 Å². The zero-order valence-corrected chi connectivity index (χ0v) is 21.6. The summed E-state index contributed by atoms with van der Waals surface area (Å²) in [4.78, 5) is 44.2. The highest BCUT2D eigenvalue weighted by Crippen LogP contribution is 2.34. The van der Waals surface area contributed by atoms with Gasteiger partial charge in [0.15, 0.2) is 11.5 Å². The molecule has 3 aromatic rings. The van der Waals surface area contributed by atoms with Crippen LogP contribution < -0.4 is 15.1 Å². The predicted molar refractivity (Wildman–Crippen MR) is 145 cm³/mol. The lowest BCUT2D eigenvalue weighted by Crippen LogP contribution is -2.46. The van der Waals surface area contributed by atoms with Gasteiger partial charge in [-0.3, -0.25) is 19.3 Å². The van der Waals surface area contributed by atoms with Crippen LogP contribution in [0.1, 0.15) is 65.1 Å². The van der Waals surface area contributed by atoms with Crippen LogP contribution >= 0.6 is 0 Å². The molecule has 1 atom stereocenters. The molecule has 1 N–H and O–H groups in total. The van der Waals surface area contributed by atoms with Gasteiger partial charge in [-0.2, -0.15) is 0 Å². The largest absolute Gasteiger partial charge is 0.459 e. The van der Waals surface area contributed by atoms with Crippen molar-refractivity contribution in [3.8, 4) is 0 Å². The van der Waals surface area contributed by atoms with Crippen molar-refractivity contribution in [2.45, 2.75) is 44.7 Å². The second-order valence-electron chi connectivity index (χ2n) is 9.81. The molecule has 1 aliphatic carbocycles. The van der Waals surface area contributed by atoms with Crippen molar-refractivity contribution < 1.29 is 23.5 Å². The summed E-state index contributed by atoms with van der Waals surface area (Å²) in [5, 5.41) is 3.18. The molecule has 2 fully saturated rings. The molecule has 2 aliphatic rings. The van der Waals surface area contributed by atoms with E-state index in [0.717, 1.165) is 44.5 Å². The van der Waals surface area contributed by atoms with E-state index in [9.17, 15) is 14.4 Å². The Bertz CT molecular complexity index is 1260. The molecule has 0 unspecified atom stereocenters. The Morgan fingerprint density at radius 1 is 0.947 bits per heavy atom. The average Bonchev–Trinajstić information content (AvgIpc) is 3.67. The maximum absolute atomic E-state index is 14.0. The molecular weight excluding hydrogens is 482 g/mol. The van der Waals surface area contributed by atoms with Crippen LogP contribution in [0, 0.1) is 0 Å². The molecule has 2 heterocycles. The van der Waals surface area contributed by atoms with Gasteiger partial charge in [0.25, 0.3) is 5.91 Å². The Morgan fingerprint density at radius 3 is 2.32 bits per heavy atom. The standard InChI is InChI=1S/C30H33N3O5/c1-21(34)25-9-4-5-10-26(25)33(30(36)27-11-6-18-38-27)28(29(35)31-23-7-2-3-8-23)22-12-14-24(15-13-22)32-16-19-37-20-17-32/h4-6,9-15,18,23,28H,2-3,7-8,16-17,19-20H2,1H3,(H,31,35)/t28-/m0/s1. The van der Waals surface area contributed by atoms with Crippen LogP contribution in [0.3, 0.4) is 0 Å². The minimum atomic E-state index is -1.01. The number of nitrogens with zero attached hydrogens (tertiary/aromatic N) is 2. The Hall–Kier alpha value is -3.91. The highest BCUT2D eigenvalue weighted by Gasteiger charge is 2.37. The smallest absolute Gasteiger partial charge is 0.294 e. The number of Topliss-reactive ketones (excluding diaryl/α,β-unsaturated/α-hetero) is 1. The van der Waals surface area contributed by atoms with Crippen LogP contribution in [0.4, 0.5) is 11.4 Å². The van der Waals surface area contributed by atoms with Crippen molar-refractivity contribution in [3.63, 3.8) is 0 Å². The van der Waals surface area contributed by atoms with Crippen LogP contribution in [0.5, 0.6) is 0 Å². The molecule has 0 radical (unpaired) electrons. The van der Waals surface area contributed by atoms with Crippen molar-refractivity contribution in [3.05, 3.63) is 83.8 Å². The second-order valence-corrected chi connectivity index (χ2v) is 9.81. The molecule has 8 heteroatoms. The number of furan rings is 1. The molecule has 2 amide bonds. The van der Waals surface area contributed by atoms with Gasteiger partial charge in [0.05, 0.1) is 25.2 Å². The van der Waals surface area contributed by atoms with Crippen molar-refractivity contribution in [1.82, 2.24) is 5.32 Å². The lowest BCUT2D eigenvalue weighted by atomic mass is 9.99. The zero-order valence-electron chi connectivity index (χ0n) is 21.6. The molecule has 1 saturated heterocycles. The van der Waals surface area contributed by atoms with E-state index in [4.69, 9.17) is 9.15 Å². The van der Waals surface area contributed by atoms with Crippen molar-refractivity contribution in [2.75, 3.05) is 36.1 Å². The number of hydrogen-bond acceptors (Lipinski definition) is 6. The molecular formula is C30H33N3O5. The maximum atomic E-state index is 14.0. The number of rotatable bonds is 8. The Balaban J connectivity index is 1.60. The number of para-hydroxylation sites is 1. The summed E-state index contributed by atoms with van der Waals surface area (Å²) in [7, 11) is 0. The molecule has 2 aromatic carbocycles. The summed E-state index contributed by atoms with van der Waals surface area (Å²) in [6.45, 7) is 4.38. The van der Waals surface area contributed by atoms with Gasteiger partial charge in [0.2, 0.25) is 5.91 Å². The minimum Gasteiger partial charge on any atom is -0.459 e. The first-order valence-electron chi connectivity index (χ1n) is 13.2. The van der Waals surface area contributed by atoms with E-state index in [1.165, 1.54) is 18.1 Å². The highest BCUT2D eigenvalue weighted by molar-refractivity contribution is 6.12. The van der Waals surface area contributed by atoms with Gasteiger partial charge in [0, 0.05) is 30.4 Å². The lowest BCUT2D eigenvalue weighted by molar-refractivity contribution is -0.123. The molecule has 198 valence electrons. The molecule has 1 aromatic heterocycles. The number of carbonyl (C=O) groups excluding carboxylic acids is 3. The first kappa shape index (κ1) is 25.7. The van der Waals surface area contributed by atoms with E-state index < -0.39 is 11.9 Å². The third-order valence-electron chi connectivity index (χ3n) is 7.29. The average molecular weight is 516 g/mol. The molecule has 38 heavy (non-hydrogen) atoms. The number of benzene rings is 2. The number of anilines is 2. The van der Waals surface area contributed by atoms with Gasteiger partial charge < -0.3 is 19.4 Å². The fourth-order valence-corrected chi connectivity index (χ4v) is 5.32. The minimum absolute atomic E-state index is 0.0567. The Kier molecular flexibility index (Phi) is 7.89. The number of nitrogens with one attached hydrogen (secondary N) is 1. The predicted octanol–water partition coefficient (Wildman–Crippen LogP) is 4.77. The van der Waals surface area contributed by atoms with E-state index in [-0.39, 0.29) is 23.5 Å². The molecule has 0 bridgehead atoms. The second kappa shape index (κ2) is 11.6. The van der Waals surface area contributed by atoms with E-state index in [0.29, 0.717) is 30.0 Å². The summed E-state index contributed by atoms with van der Waals surface area (Å²) in [5.41, 5.74) is 2.40. The van der Waals surface area contributed by atoms with Crippen molar-refractivity contribution in [1.29, 1.82) is 0 Å². The van der Waals surface area contributed by atoms with Crippen LogP contribution in [-0.4, -0.2) is 49.9 Å². The summed E-state index contributed by atoms with van der Waals surface area (Å²) in [6.07, 6.45) is 5.36. The summed E-state index contributed by atoms with van der Waals surface area (Å²) >= 11 is 0. The van der Waals surface area contributed by atoms with Crippen LogP contribution in [-0.2, 0) is 9.53 Å². The molecule has 0 spiro atoms. The summed E-state index contributed by atoms with van der Waals surface area (Å²) < 4.78 is 10.9. The fraction of sp³-hybridized carbons (Fsp3) is 0.367. The normalized spacial score (nSPS) is 16.7. The first-order valence-corrected chi connectivity index (χ1v) is 13.2. The Morgan fingerprint density at radius 2 is 1.66 bits per heavy atom. The maximum Gasteiger partial charge on any atom is 0.294 e. The molecule has 5 rings (SSSR count). The number of ether oxygens (including phenoxy) is 1. The lowest BCUT2D eigenvalue weighted by Gasteiger charge is -2.33. The van der Waals surface area contributed by atoms with E-state index >= 15 is 0 Å². The zero-order chi connectivity index (χ0) is 26.5. The summed E-state index contributed by atoms with van der Waals surface area (Å²) in [5.74, 6) is -0.885. The van der Waals surface area contributed by atoms with Crippen molar-refractivity contribution >= 4 is 29.0 Å². The molecule has 1 aliphatic heterocycles. The third kappa shape index (κ3) is 5.50. The SMILES string of the molecule is CC(=O)c1ccccc1N(C(=O)c1ccco1)[C@H](C(=O)NC1CCCC1)c1ccc(N2CCOCC2)cc1. The molecule has 1 saturated carbocycles. The number of carbonyl (C=O) groups is 3. The fourth-order valence-electron chi connectivity index (χ4n) is 5.32. The van der Waals surface area contributed by atoms with E-state index in [1.807, 2.05) is 24.3 Å². The number of ketones is 1. The third-order valence-corrected chi connectivity index (χ3v) is 7.29. The first-order chi connectivity index (χ1) is 18.5. The number of hydrogen-bond donors (Lipinski definition) is 1. The van der Waals surface area contributed by atoms with Gasteiger partial charge in [-0.1, -0.05) is 37.1 Å². The highest BCUT2D eigenvalue weighted by atomic mass is 16.5. The monoisotopic (exact) mass is 515 g/mol. The number of amides is 2. The molecule has 8 nitrogen and oxygen atoms in total. The summed E-state index contributed by atoms with van der Waals surface area (Å²) in [6, 6.07) is 16.9. The van der Waals surface area contributed by atoms with Gasteiger partial charge in [-0.15, -0.1) is 0 Å². The van der Waals surface area contributed by atoms with Gasteiger partial charge in [-0.05, 0) is 61.7 Å². The quantitative estimate of drug-likeness (QED) is 0.435. The topological polar surface area (TPSA) is 92.1 Å². The van der Waals surface area contributed by atoms with E-state index in [1.54, 1.807) is 36.4 Å². The van der Waals surface area contributed by atoms with Gasteiger partial charge in [-0.25, -0.2) is 0 Å². The van der Waals surface area contributed by atoms with Crippen LogP contribution in [0.25, 0.3) is 0 Å². The van der Waals surface area contributed by atoms with Gasteiger partial charge >= 0.3 is 0 Å². The van der Waals surface area contributed by atoms with Crippen LogP contribution in [0.15, 0.2) is 71.3 Å². The number of morpholine rings is 1.